The number of nitrogens with two attached hydrogens (primary N) is 1. The van der Waals surface area contributed by atoms with Crippen LogP contribution in [0.3, 0.4) is 0 Å². The first-order valence-corrected chi connectivity index (χ1v) is 13.3. The standard InChI is InChI=1S/C26H39F3N4O6/c1-24(2,3)39-23(38)32-17(13-9-7-6-8-10-13)22(37)33-12-14-16(25(14,4)5)18(33)21(36)31-15(11-26(27,28)29)19(34)20(30)35/h13-18H,6-12H2,1-5H3,(H2,30,35)(H,31,36)(H,32,38)/t14-,15?,16-,17-,18-/m0/s1. The highest BCUT2D eigenvalue weighted by Gasteiger charge is 2.70. The van der Waals surface area contributed by atoms with Gasteiger partial charge in [-0.05, 0) is 56.8 Å². The van der Waals surface area contributed by atoms with Crippen LogP contribution in [0, 0.1) is 23.2 Å². The van der Waals surface area contributed by atoms with Crippen molar-refractivity contribution in [1.29, 1.82) is 0 Å². The molecule has 0 radical (unpaired) electrons. The van der Waals surface area contributed by atoms with E-state index >= 15 is 0 Å². The summed E-state index contributed by atoms with van der Waals surface area (Å²) in [5.41, 5.74) is 3.74. The smallest absolute Gasteiger partial charge is 0.408 e. The second-order valence-corrected chi connectivity index (χ2v) is 12.5. The predicted molar refractivity (Wildman–Crippen MR) is 133 cm³/mol. The van der Waals surface area contributed by atoms with Crippen molar-refractivity contribution in [3.8, 4) is 0 Å². The summed E-state index contributed by atoms with van der Waals surface area (Å²) < 4.78 is 44.8. The quantitative estimate of drug-likeness (QED) is 0.389. The van der Waals surface area contributed by atoms with Gasteiger partial charge in [0, 0.05) is 6.54 Å². The van der Waals surface area contributed by atoms with E-state index in [0.29, 0.717) is 12.8 Å². The van der Waals surface area contributed by atoms with Gasteiger partial charge >= 0.3 is 12.3 Å². The Balaban J connectivity index is 1.88. The lowest BCUT2D eigenvalue weighted by Crippen LogP contribution is -2.60. The number of ketones is 1. The fraction of sp³-hybridized carbons (Fsp3) is 0.808. The van der Waals surface area contributed by atoms with E-state index in [9.17, 15) is 37.1 Å². The van der Waals surface area contributed by atoms with Gasteiger partial charge in [0.2, 0.25) is 17.6 Å². The van der Waals surface area contributed by atoms with Gasteiger partial charge in [0.05, 0.1) is 6.42 Å². The van der Waals surface area contributed by atoms with Crippen LogP contribution in [0.15, 0.2) is 0 Å². The van der Waals surface area contributed by atoms with Crippen molar-refractivity contribution in [2.24, 2.45) is 28.9 Å². The summed E-state index contributed by atoms with van der Waals surface area (Å²) in [6.07, 6.45) is -3.35. The molecule has 3 aliphatic rings. The van der Waals surface area contributed by atoms with Crippen LogP contribution in [0.5, 0.6) is 0 Å². The van der Waals surface area contributed by atoms with Gasteiger partial charge in [-0.3, -0.25) is 19.2 Å². The number of fused-ring (bicyclic) bond motifs is 1. The van der Waals surface area contributed by atoms with Crippen molar-refractivity contribution in [2.45, 2.75) is 103 Å². The third-order valence-corrected chi connectivity index (χ3v) is 8.13. The van der Waals surface area contributed by atoms with Gasteiger partial charge in [-0.25, -0.2) is 4.79 Å². The lowest BCUT2D eigenvalue weighted by atomic mass is 9.83. The minimum Gasteiger partial charge on any atom is -0.444 e. The molecule has 220 valence electrons. The Hall–Kier alpha value is -2.86. The van der Waals surface area contributed by atoms with Crippen molar-refractivity contribution >= 4 is 29.6 Å². The SMILES string of the molecule is CC(C)(C)OC(=O)N[C@H](C(=O)N1C[C@H]2[C@@H]([C@H]1C(=O)NC(CC(F)(F)F)C(=O)C(N)=O)C2(C)C)C1CCCCC1. The van der Waals surface area contributed by atoms with E-state index in [0.717, 1.165) is 19.3 Å². The molecule has 4 amide bonds. The van der Waals surface area contributed by atoms with Crippen LogP contribution in [0.4, 0.5) is 18.0 Å². The Labute approximate surface area is 225 Å². The number of hydrogen-bond donors (Lipinski definition) is 3. The summed E-state index contributed by atoms with van der Waals surface area (Å²) >= 11 is 0. The molecule has 13 heteroatoms. The number of nitrogens with one attached hydrogen (secondary N) is 2. The number of ether oxygens (including phenoxy) is 1. The van der Waals surface area contributed by atoms with Gasteiger partial charge in [0.1, 0.15) is 23.7 Å². The number of halogens is 3. The number of rotatable bonds is 8. The van der Waals surface area contributed by atoms with Crippen LogP contribution < -0.4 is 16.4 Å². The van der Waals surface area contributed by atoms with Crippen molar-refractivity contribution < 1.29 is 41.9 Å². The number of hydrogen-bond acceptors (Lipinski definition) is 6. The van der Waals surface area contributed by atoms with Crippen molar-refractivity contribution in [2.75, 3.05) is 6.54 Å². The van der Waals surface area contributed by atoms with Crippen LogP contribution in [0.25, 0.3) is 0 Å². The maximum absolute atomic E-state index is 13.9. The second-order valence-electron chi connectivity index (χ2n) is 12.5. The topological polar surface area (TPSA) is 148 Å². The third-order valence-electron chi connectivity index (χ3n) is 8.13. The largest absolute Gasteiger partial charge is 0.444 e. The van der Waals surface area contributed by atoms with Gasteiger partial charge < -0.3 is 26.0 Å². The summed E-state index contributed by atoms with van der Waals surface area (Å²) in [5.74, 6) is -5.34. The van der Waals surface area contributed by atoms with E-state index in [-0.39, 0.29) is 29.7 Å². The Kier molecular flexibility index (Phi) is 8.62. The van der Waals surface area contributed by atoms with Gasteiger partial charge in [0.15, 0.2) is 0 Å². The van der Waals surface area contributed by atoms with E-state index in [1.54, 1.807) is 20.8 Å². The Bertz CT molecular complexity index is 1000. The third kappa shape index (κ3) is 7.21. The lowest BCUT2D eigenvalue weighted by molar-refractivity contribution is -0.155. The molecule has 39 heavy (non-hydrogen) atoms. The number of amides is 4. The molecule has 5 atom stereocenters. The van der Waals surface area contributed by atoms with E-state index in [1.807, 2.05) is 13.8 Å². The molecule has 3 fully saturated rings. The first-order chi connectivity index (χ1) is 17.8. The van der Waals surface area contributed by atoms with Gasteiger partial charge in [0.25, 0.3) is 5.91 Å². The molecular weight excluding hydrogens is 521 g/mol. The van der Waals surface area contributed by atoms with Gasteiger partial charge in [-0.1, -0.05) is 33.1 Å². The molecule has 1 saturated heterocycles. The number of nitrogens with zero attached hydrogens (tertiary/aromatic N) is 1. The van der Waals surface area contributed by atoms with E-state index in [4.69, 9.17) is 10.5 Å². The van der Waals surface area contributed by atoms with Crippen molar-refractivity contribution in [3.63, 3.8) is 0 Å². The first kappa shape index (κ1) is 30.7. The average Bonchev–Trinajstić information content (AvgIpc) is 3.14. The lowest BCUT2D eigenvalue weighted by Gasteiger charge is -2.37. The molecule has 0 bridgehead atoms. The number of primary amides is 1. The predicted octanol–water partition coefficient (Wildman–Crippen LogP) is 2.43. The van der Waals surface area contributed by atoms with Gasteiger partial charge in [-0.2, -0.15) is 13.2 Å². The Morgan fingerprint density at radius 3 is 2.13 bits per heavy atom. The van der Waals surface area contributed by atoms with E-state index in [2.05, 4.69) is 10.6 Å². The molecule has 0 aromatic rings. The summed E-state index contributed by atoms with van der Waals surface area (Å²) in [6, 6.07) is -4.38. The average molecular weight is 561 g/mol. The Morgan fingerprint density at radius 2 is 1.62 bits per heavy atom. The van der Waals surface area contributed by atoms with Crippen molar-refractivity contribution in [1.82, 2.24) is 15.5 Å². The summed E-state index contributed by atoms with van der Waals surface area (Å²) in [4.78, 5) is 64.8. The molecule has 10 nitrogen and oxygen atoms in total. The zero-order valence-corrected chi connectivity index (χ0v) is 23.0. The Morgan fingerprint density at radius 1 is 1.03 bits per heavy atom. The molecule has 1 unspecified atom stereocenters. The van der Waals surface area contributed by atoms with Crippen LogP contribution in [-0.2, 0) is 23.9 Å². The molecule has 2 aliphatic carbocycles. The summed E-state index contributed by atoms with van der Waals surface area (Å²) in [6.45, 7) is 9.01. The number of Topliss-reactive ketones (excluding diaryl/α,β-unsaturated/α-hetero) is 1. The fourth-order valence-electron chi connectivity index (χ4n) is 6.14. The number of carbonyl (C=O) groups is 5. The van der Waals surface area contributed by atoms with E-state index in [1.165, 1.54) is 4.90 Å². The maximum atomic E-state index is 13.9. The second kappa shape index (κ2) is 11.0. The molecule has 0 spiro atoms. The molecular formula is C26H39F3N4O6. The van der Waals surface area contributed by atoms with Crippen LogP contribution >= 0.6 is 0 Å². The molecule has 1 aliphatic heterocycles. The molecule has 0 aromatic heterocycles. The number of piperidine rings is 1. The maximum Gasteiger partial charge on any atom is 0.408 e. The number of carbonyl (C=O) groups excluding carboxylic acids is 5. The highest BCUT2D eigenvalue weighted by Crippen LogP contribution is 2.65. The van der Waals surface area contributed by atoms with E-state index < -0.39 is 65.9 Å². The zero-order chi connectivity index (χ0) is 29.5. The first-order valence-electron chi connectivity index (χ1n) is 13.3. The molecule has 1 heterocycles. The van der Waals surface area contributed by atoms with Crippen molar-refractivity contribution in [3.05, 3.63) is 0 Å². The minimum atomic E-state index is -4.86. The van der Waals surface area contributed by atoms with Gasteiger partial charge in [-0.15, -0.1) is 0 Å². The molecule has 2 saturated carbocycles. The molecule has 4 N–H and O–H groups in total. The minimum absolute atomic E-state index is 0.0985. The molecule has 3 rings (SSSR count). The summed E-state index contributed by atoms with van der Waals surface area (Å²) in [5, 5.41) is 4.74. The summed E-state index contributed by atoms with van der Waals surface area (Å²) in [7, 11) is 0. The normalized spacial score (nSPS) is 26.2. The number of alkyl carbamates (subject to hydrolysis) is 1. The van der Waals surface area contributed by atoms with Crippen LogP contribution in [-0.4, -0.2) is 70.9 Å². The highest BCUT2D eigenvalue weighted by molar-refractivity contribution is 6.37. The zero-order valence-electron chi connectivity index (χ0n) is 23.0. The molecule has 0 aromatic carbocycles. The monoisotopic (exact) mass is 560 g/mol. The van der Waals surface area contributed by atoms with Crippen LogP contribution in [0.1, 0.15) is 73.1 Å². The highest BCUT2D eigenvalue weighted by atomic mass is 19.4. The number of likely N-dealkylation sites (tertiary alicyclic amines) is 1. The van der Waals surface area contributed by atoms with Crippen LogP contribution in [0.2, 0.25) is 0 Å². The fourth-order valence-corrected chi connectivity index (χ4v) is 6.14. The number of alkyl halides is 3.